The van der Waals surface area contributed by atoms with E-state index in [1.165, 1.54) is 6.07 Å². The number of carbonyl (C=O) groups is 2. The molecule has 3 aliphatic rings. The number of carbonyl (C=O) groups excluding carboxylic acids is 1. The van der Waals surface area contributed by atoms with Crippen LogP contribution in [0.1, 0.15) is 33.8 Å². The van der Waals surface area contributed by atoms with Gasteiger partial charge in [-0.1, -0.05) is 6.07 Å². The summed E-state index contributed by atoms with van der Waals surface area (Å²) in [5.41, 5.74) is 0.0629. The second-order valence-corrected chi connectivity index (χ2v) is 5.43. The van der Waals surface area contributed by atoms with Gasteiger partial charge in [-0.2, -0.15) is 0 Å². The van der Waals surface area contributed by atoms with Crippen molar-refractivity contribution in [1.29, 1.82) is 0 Å². The number of fused-ring (bicyclic) bond motifs is 3. The standard InChI is InChI=1S/C14H17N3O3/c18-13(10-2-1-3-11(15-10)14(19)20)16-12-8-17-6-4-9(12)5-7-17/h1-3,9,12H,4-8H2,(H,16,18)(H,19,20). The van der Waals surface area contributed by atoms with E-state index >= 15 is 0 Å². The lowest BCUT2D eigenvalue weighted by atomic mass is 9.84. The van der Waals surface area contributed by atoms with Crippen LogP contribution in [0.5, 0.6) is 0 Å². The SMILES string of the molecule is O=C(O)c1cccc(C(=O)NC2CN3CCC2CC3)n1. The molecular formula is C14H17N3O3. The Morgan fingerprint density at radius 1 is 1.25 bits per heavy atom. The summed E-state index contributed by atoms with van der Waals surface area (Å²) in [6.45, 7) is 3.11. The van der Waals surface area contributed by atoms with Gasteiger partial charge in [-0.05, 0) is 44.0 Å². The normalized spacial score (nSPS) is 28.1. The average molecular weight is 275 g/mol. The number of nitrogens with zero attached hydrogens (tertiary/aromatic N) is 2. The monoisotopic (exact) mass is 275 g/mol. The summed E-state index contributed by atoms with van der Waals surface area (Å²) in [6, 6.07) is 4.62. The predicted molar refractivity (Wildman–Crippen MR) is 71.6 cm³/mol. The van der Waals surface area contributed by atoms with E-state index in [0.717, 1.165) is 32.5 Å². The molecule has 20 heavy (non-hydrogen) atoms. The van der Waals surface area contributed by atoms with E-state index in [2.05, 4.69) is 15.2 Å². The van der Waals surface area contributed by atoms with Crippen LogP contribution in [0.2, 0.25) is 0 Å². The van der Waals surface area contributed by atoms with Crippen LogP contribution in [-0.2, 0) is 0 Å². The van der Waals surface area contributed by atoms with Gasteiger partial charge >= 0.3 is 5.97 Å². The Kier molecular flexibility index (Phi) is 3.40. The molecule has 1 aromatic rings. The zero-order valence-electron chi connectivity index (χ0n) is 11.1. The van der Waals surface area contributed by atoms with Crippen LogP contribution in [-0.4, -0.2) is 52.5 Å². The average Bonchev–Trinajstić information content (AvgIpc) is 2.48. The van der Waals surface area contributed by atoms with E-state index in [9.17, 15) is 9.59 Å². The van der Waals surface area contributed by atoms with Gasteiger partial charge in [-0.15, -0.1) is 0 Å². The fourth-order valence-corrected chi connectivity index (χ4v) is 3.05. The molecule has 0 saturated carbocycles. The van der Waals surface area contributed by atoms with Crippen molar-refractivity contribution in [2.75, 3.05) is 19.6 Å². The minimum Gasteiger partial charge on any atom is -0.477 e. The minimum absolute atomic E-state index is 0.105. The summed E-state index contributed by atoms with van der Waals surface area (Å²) in [6.07, 6.45) is 2.24. The molecule has 2 bridgehead atoms. The summed E-state index contributed by atoms with van der Waals surface area (Å²) in [7, 11) is 0. The Morgan fingerprint density at radius 3 is 2.55 bits per heavy atom. The molecule has 1 amide bonds. The summed E-state index contributed by atoms with van der Waals surface area (Å²) in [4.78, 5) is 29.3. The van der Waals surface area contributed by atoms with Crippen molar-refractivity contribution in [3.63, 3.8) is 0 Å². The third kappa shape index (κ3) is 2.51. The third-order valence-electron chi connectivity index (χ3n) is 4.17. The van der Waals surface area contributed by atoms with Gasteiger partial charge in [0.1, 0.15) is 11.4 Å². The molecule has 6 nitrogen and oxygen atoms in total. The molecule has 6 heteroatoms. The lowest BCUT2D eigenvalue weighted by Crippen LogP contribution is -2.57. The number of amides is 1. The molecule has 0 radical (unpaired) electrons. The highest BCUT2D eigenvalue weighted by molar-refractivity contribution is 5.94. The van der Waals surface area contributed by atoms with E-state index in [1.807, 2.05) is 0 Å². The Balaban J connectivity index is 1.70. The Hall–Kier alpha value is -1.95. The molecule has 106 valence electrons. The number of hydrogen-bond acceptors (Lipinski definition) is 4. The highest BCUT2D eigenvalue weighted by Crippen LogP contribution is 2.27. The van der Waals surface area contributed by atoms with Crippen molar-refractivity contribution in [3.8, 4) is 0 Å². The molecule has 4 rings (SSSR count). The molecule has 2 N–H and O–H groups in total. The van der Waals surface area contributed by atoms with Gasteiger partial charge in [-0.3, -0.25) is 4.79 Å². The lowest BCUT2D eigenvalue weighted by molar-refractivity contribution is 0.0617. The van der Waals surface area contributed by atoms with Gasteiger partial charge in [0.05, 0.1) is 0 Å². The topological polar surface area (TPSA) is 82.5 Å². The molecule has 1 unspecified atom stereocenters. The van der Waals surface area contributed by atoms with Gasteiger partial charge in [0.15, 0.2) is 0 Å². The lowest BCUT2D eigenvalue weighted by Gasteiger charge is -2.44. The summed E-state index contributed by atoms with van der Waals surface area (Å²) in [5.74, 6) is -0.874. The van der Waals surface area contributed by atoms with Crippen molar-refractivity contribution in [3.05, 3.63) is 29.6 Å². The van der Waals surface area contributed by atoms with Crippen LogP contribution >= 0.6 is 0 Å². The summed E-state index contributed by atoms with van der Waals surface area (Å²) >= 11 is 0. The molecule has 1 atom stereocenters. The summed E-state index contributed by atoms with van der Waals surface area (Å²) in [5, 5.41) is 11.9. The van der Waals surface area contributed by atoms with Crippen LogP contribution in [0, 0.1) is 5.92 Å². The van der Waals surface area contributed by atoms with E-state index in [-0.39, 0.29) is 23.3 Å². The Morgan fingerprint density at radius 2 is 1.95 bits per heavy atom. The highest BCUT2D eigenvalue weighted by atomic mass is 16.4. The number of aromatic carboxylic acids is 1. The minimum atomic E-state index is -1.12. The quantitative estimate of drug-likeness (QED) is 0.844. The van der Waals surface area contributed by atoms with Crippen molar-refractivity contribution in [1.82, 2.24) is 15.2 Å². The molecule has 3 saturated heterocycles. The zero-order chi connectivity index (χ0) is 14.1. The molecule has 0 aliphatic carbocycles. The number of aromatic nitrogens is 1. The fraction of sp³-hybridized carbons (Fsp3) is 0.500. The van der Waals surface area contributed by atoms with Gasteiger partial charge in [-0.25, -0.2) is 9.78 Å². The van der Waals surface area contributed by atoms with Crippen molar-refractivity contribution < 1.29 is 14.7 Å². The van der Waals surface area contributed by atoms with Crippen molar-refractivity contribution >= 4 is 11.9 Å². The number of rotatable bonds is 3. The van der Waals surface area contributed by atoms with Crippen LogP contribution in [0.4, 0.5) is 0 Å². The molecule has 3 aliphatic heterocycles. The van der Waals surface area contributed by atoms with E-state index in [0.29, 0.717) is 5.92 Å². The number of carboxylic acid groups (broad SMARTS) is 1. The van der Waals surface area contributed by atoms with E-state index < -0.39 is 5.97 Å². The fourth-order valence-electron chi connectivity index (χ4n) is 3.05. The van der Waals surface area contributed by atoms with Crippen LogP contribution < -0.4 is 5.32 Å². The molecule has 3 fully saturated rings. The molecular weight excluding hydrogens is 258 g/mol. The van der Waals surface area contributed by atoms with Gasteiger partial charge in [0, 0.05) is 12.6 Å². The molecule has 4 heterocycles. The van der Waals surface area contributed by atoms with Gasteiger partial charge in [0.2, 0.25) is 0 Å². The molecule has 0 aromatic carbocycles. The Labute approximate surface area is 116 Å². The maximum atomic E-state index is 12.2. The first-order chi connectivity index (χ1) is 9.63. The van der Waals surface area contributed by atoms with Crippen molar-refractivity contribution in [2.45, 2.75) is 18.9 Å². The number of piperidine rings is 3. The van der Waals surface area contributed by atoms with Crippen LogP contribution in [0.3, 0.4) is 0 Å². The summed E-state index contributed by atoms with van der Waals surface area (Å²) < 4.78 is 0. The number of nitrogens with one attached hydrogen (secondary N) is 1. The van der Waals surface area contributed by atoms with Crippen molar-refractivity contribution in [2.24, 2.45) is 5.92 Å². The largest absolute Gasteiger partial charge is 0.477 e. The first kappa shape index (κ1) is 13.1. The zero-order valence-corrected chi connectivity index (χ0v) is 11.1. The highest BCUT2D eigenvalue weighted by Gasteiger charge is 2.35. The first-order valence-electron chi connectivity index (χ1n) is 6.87. The second-order valence-electron chi connectivity index (χ2n) is 5.43. The van der Waals surface area contributed by atoms with Crippen LogP contribution in [0.25, 0.3) is 0 Å². The first-order valence-corrected chi connectivity index (χ1v) is 6.87. The van der Waals surface area contributed by atoms with Gasteiger partial charge in [0.25, 0.3) is 5.91 Å². The molecule has 1 aromatic heterocycles. The second kappa shape index (κ2) is 5.20. The van der Waals surface area contributed by atoms with E-state index in [4.69, 9.17) is 5.11 Å². The van der Waals surface area contributed by atoms with E-state index in [1.54, 1.807) is 12.1 Å². The Bertz CT molecular complexity index is 538. The molecule has 0 spiro atoms. The maximum Gasteiger partial charge on any atom is 0.354 e. The predicted octanol–water partition coefficient (Wildman–Crippen LogP) is 0.604. The number of hydrogen-bond donors (Lipinski definition) is 2. The number of pyridine rings is 1. The number of carboxylic acids is 1. The third-order valence-corrected chi connectivity index (χ3v) is 4.17. The maximum absolute atomic E-state index is 12.2. The van der Waals surface area contributed by atoms with Gasteiger partial charge < -0.3 is 15.3 Å². The van der Waals surface area contributed by atoms with Crippen LogP contribution in [0.15, 0.2) is 18.2 Å². The smallest absolute Gasteiger partial charge is 0.354 e.